The lowest BCUT2D eigenvalue weighted by Crippen LogP contribution is -2.36. The third kappa shape index (κ3) is 6.31. The lowest BCUT2D eigenvalue weighted by molar-refractivity contribution is -0.138. The molecular weight excluding hydrogens is 455 g/mol. The van der Waals surface area contributed by atoms with Crippen molar-refractivity contribution in [3.05, 3.63) is 64.5 Å². The molecule has 1 aliphatic heterocycles. The molecule has 0 saturated carbocycles. The lowest BCUT2D eigenvalue weighted by Gasteiger charge is -2.29. The maximum absolute atomic E-state index is 13.3. The van der Waals surface area contributed by atoms with E-state index in [-0.39, 0.29) is 12.4 Å². The molecule has 0 spiro atoms. The van der Waals surface area contributed by atoms with E-state index in [0.29, 0.717) is 18.8 Å². The van der Waals surface area contributed by atoms with Crippen LogP contribution < -0.4 is 9.70 Å². The highest BCUT2D eigenvalue weighted by molar-refractivity contribution is 7.07. The van der Waals surface area contributed by atoms with Crippen LogP contribution in [0.5, 0.6) is 0 Å². The largest absolute Gasteiger partial charge is 0.480 e. The minimum absolute atomic E-state index is 0.0109. The van der Waals surface area contributed by atoms with E-state index in [1.165, 1.54) is 29.2 Å². The van der Waals surface area contributed by atoms with E-state index in [4.69, 9.17) is 14.8 Å². The molecule has 0 aliphatic carbocycles. The highest BCUT2D eigenvalue weighted by Crippen LogP contribution is 2.25. The molecule has 0 unspecified atom stereocenters. The first-order chi connectivity index (χ1) is 16.5. The van der Waals surface area contributed by atoms with E-state index in [1.54, 1.807) is 17.0 Å². The molecule has 2 aromatic carbocycles. The Morgan fingerprint density at radius 3 is 2.53 bits per heavy atom. The minimum atomic E-state index is -0.835. The molecule has 0 atom stereocenters. The van der Waals surface area contributed by atoms with Crippen molar-refractivity contribution in [2.45, 2.75) is 13.0 Å². The number of rotatable bonds is 9. The number of halogens is 1. The molecular formula is C25H29FN4O3S. The molecule has 1 N–H and O–H groups in total. The molecule has 1 aromatic heterocycles. The second-order valence-corrected chi connectivity index (χ2v) is 9.11. The SMILES string of the molecule is CN(CCCn1c(-c2ccc(N3CCOCC3)cc2)csc1=Nc1ccc(F)cc1)CC(=O)O. The molecule has 0 radical (unpaired) electrons. The summed E-state index contributed by atoms with van der Waals surface area (Å²) in [5.74, 6) is -1.13. The molecule has 2 heterocycles. The fraction of sp³-hybridized carbons (Fsp3) is 0.360. The van der Waals surface area contributed by atoms with Crippen molar-refractivity contribution in [3.63, 3.8) is 0 Å². The number of anilines is 1. The molecule has 34 heavy (non-hydrogen) atoms. The summed E-state index contributed by atoms with van der Waals surface area (Å²) in [6, 6.07) is 14.7. The number of carbonyl (C=O) groups is 1. The van der Waals surface area contributed by atoms with Crippen LogP contribution in [0.3, 0.4) is 0 Å². The molecule has 1 saturated heterocycles. The summed E-state index contributed by atoms with van der Waals surface area (Å²) >= 11 is 1.54. The molecule has 9 heteroatoms. The Kier molecular flexibility index (Phi) is 8.10. The number of hydrogen-bond acceptors (Lipinski definition) is 6. The third-order valence-electron chi connectivity index (χ3n) is 5.72. The van der Waals surface area contributed by atoms with Gasteiger partial charge in [0.05, 0.1) is 31.1 Å². The predicted molar refractivity (Wildman–Crippen MR) is 132 cm³/mol. The number of morpholine rings is 1. The predicted octanol–water partition coefficient (Wildman–Crippen LogP) is 3.83. The number of carboxylic acids is 1. The lowest BCUT2D eigenvalue weighted by atomic mass is 10.1. The summed E-state index contributed by atoms with van der Waals surface area (Å²) < 4.78 is 20.9. The van der Waals surface area contributed by atoms with Crippen LogP contribution in [0.25, 0.3) is 11.3 Å². The van der Waals surface area contributed by atoms with Crippen LogP contribution >= 0.6 is 11.3 Å². The average Bonchev–Trinajstić information content (AvgIpc) is 3.23. The van der Waals surface area contributed by atoms with Crippen LogP contribution in [0.15, 0.2) is 58.9 Å². The van der Waals surface area contributed by atoms with Crippen LogP contribution in [-0.4, -0.2) is 67.0 Å². The van der Waals surface area contributed by atoms with Crippen LogP contribution in [0, 0.1) is 5.82 Å². The highest BCUT2D eigenvalue weighted by atomic mass is 32.1. The zero-order valence-electron chi connectivity index (χ0n) is 19.2. The van der Waals surface area contributed by atoms with Crippen molar-refractivity contribution in [2.75, 3.05) is 51.3 Å². The van der Waals surface area contributed by atoms with Gasteiger partial charge in [-0.25, -0.2) is 9.38 Å². The van der Waals surface area contributed by atoms with Gasteiger partial charge in [0.1, 0.15) is 5.82 Å². The van der Waals surface area contributed by atoms with Crippen LogP contribution in [-0.2, 0) is 16.1 Å². The summed E-state index contributed by atoms with van der Waals surface area (Å²) in [4.78, 5) is 20.7. The number of nitrogens with zero attached hydrogens (tertiary/aromatic N) is 4. The molecule has 0 amide bonds. The van der Waals surface area contributed by atoms with Gasteiger partial charge < -0.3 is 19.3 Å². The number of aromatic nitrogens is 1. The number of hydrogen-bond donors (Lipinski definition) is 1. The van der Waals surface area contributed by atoms with Gasteiger partial charge in [-0.15, -0.1) is 11.3 Å². The van der Waals surface area contributed by atoms with Crippen molar-refractivity contribution in [3.8, 4) is 11.3 Å². The first kappa shape index (κ1) is 24.1. The van der Waals surface area contributed by atoms with E-state index in [2.05, 4.69) is 39.1 Å². The standard InChI is InChI=1S/C25H29FN4O3S/c1-28(17-24(31)32)11-2-12-30-23(18-34-25(30)27-21-7-5-20(26)6-8-21)19-3-9-22(10-4-19)29-13-15-33-16-14-29/h3-10,18H,2,11-17H2,1H3,(H,31,32). The fourth-order valence-electron chi connectivity index (χ4n) is 3.96. The van der Waals surface area contributed by atoms with E-state index < -0.39 is 5.97 Å². The highest BCUT2D eigenvalue weighted by Gasteiger charge is 2.13. The van der Waals surface area contributed by atoms with Gasteiger partial charge in [-0.1, -0.05) is 12.1 Å². The van der Waals surface area contributed by atoms with Crippen molar-refractivity contribution in [1.29, 1.82) is 0 Å². The Balaban J connectivity index is 1.60. The van der Waals surface area contributed by atoms with Crippen LogP contribution in [0.4, 0.5) is 15.8 Å². The van der Waals surface area contributed by atoms with Gasteiger partial charge in [-0.2, -0.15) is 0 Å². The molecule has 1 fully saturated rings. The summed E-state index contributed by atoms with van der Waals surface area (Å²) in [7, 11) is 1.81. The summed E-state index contributed by atoms with van der Waals surface area (Å²) in [6.45, 7) is 4.63. The van der Waals surface area contributed by atoms with Crippen molar-refractivity contribution in [2.24, 2.45) is 4.99 Å². The Morgan fingerprint density at radius 2 is 1.85 bits per heavy atom. The number of thiazole rings is 1. The second-order valence-electron chi connectivity index (χ2n) is 8.27. The van der Waals surface area contributed by atoms with Gasteiger partial charge in [0.2, 0.25) is 0 Å². The van der Waals surface area contributed by atoms with Gasteiger partial charge >= 0.3 is 5.97 Å². The average molecular weight is 485 g/mol. The van der Waals surface area contributed by atoms with Gasteiger partial charge in [0.15, 0.2) is 4.80 Å². The molecule has 7 nitrogen and oxygen atoms in total. The number of benzene rings is 2. The van der Waals surface area contributed by atoms with Crippen LogP contribution in [0.1, 0.15) is 6.42 Å². The number of likely N-dealkylation sites (N-methyl/N-ethyl adjacent to an activating group) is 1. The van der Waals surface area contributed by atoms with E-state index >= 15 is 0 Å². The maximum atomic E-state index is 13.3. The fourth-order valence-corrected chi connectivity index (χ4v) is 4.92. The topological polar surface area (TPSA) is 70.3 Å². The maximum Gasteiger partial charge on any atom is 0.317 e. The van der Waals surface area contributed by atoms with E-state index in [0.717, 1.165) is 48.8 Å². The number of carboxylic acid groups (broad SMARTS) is 1. The molecule has 3 aromatic rings. The molecule has 0 bridgehead atoms. The second kappa shape index (κ2) is 11.4. The number of aliphatic carboxylic acids is 1. The van der Waals surface area contributed by atoms with Gasteiger partial charge in [-0.3, -0.25) is 9.69 Å². The van der Waals surface area contributed by atoms with Gasteiger partial charge in [0, 0.05) is 37.2 Å². The van der Waals surface area contributed by atoms with Crippen LogP contribution in [0.2, 0.25) is 0 Å². The van der Waals surface area contributed by atoms with E-state index in [1.807, 2.05) is 7.05 Å². The zero-order chi connectivity index (χ0) is 23.9. The summed E-state index contributed by atoms with van der Waals surface area (Å²) in [5.41, 5.74) is 4.02. The zero-order valence-corrected chi connectivity index (χ0v) is 20.0. The minimum Gasteiger partial charge on any atom is -0.480 e. The van der Waals surface area contributed by atoms with Gasteiger partial charge in [0.25, 0.3) is 0 Å². The normalized spacial score (nSPS) is 14.7. The number of ether oxygens (including phenoxy) is 1. The Hall–Kier alpha value is -3.01. The Morgan fingerprint density at radius 1 is 1.15 bits per heavy atom. The van der Waals surface area contributed by atoms with Crippen molar-refractivity contribution in [1.82, 2.24) is 9.47 Å². The summed E-state index contributed by atoms with van der Waals surface area (Å²) in [5, 5.41) is 11.1. The quantitative estimate of drug-likeness (QED) is 0.500. The van der Waals surface area contributed by atoms with Gasteiger partial charge in [-0.05, 0) is 55.4 Å². The molecule has 180 valence electrons. The third-order valence-corrected chi connectivity index (χ3v) is 6.58. The molecule has 4 rings (SSSR count). The molecule has 1 aliphatic rings. The Labute approximate surface area is 202 Å². The van der Waals surface area contributed by atoms with E-state index in [9.17, 15) is 9.18 Å². The van der Waals surface area contributed by atoms with Crippen molar-refractivity contribution < 1.29 is 19.0 Å². The monoisotopic (exact) mass is 484 g/mol. The first-order valence-corrected chi connectivity index (χ1v) is 12.2. The first-order valence-electron chi connectivity index (χ1n) is 11.3. The summed E-state index contributed by atoms with van der Waals surface area (Å²) in [6.07, 6.45) is 0.774. The van der Waals surface area contributed by atoms with Crippen molar-refractivity contribution >= 4 is 28.7 Å². The smallest absolute Gasteiger partial charge is 0.317 e. The Bertz CT molecular complexity index is 1150.